The zero-order chi connectivity index (χ0) is 11.5. The van der Waals surface area contributed by atoms with Crippen molar-refractivity contribution in [3.05, 3.63) is 36.0 Å². The predicted molar refractivity (Wildman–Crippen MR) is 57.8 cm³/mol. The van der Waals surface area contributed by atoms with Crippen LogP contribution in [0.2, 0.25) is 0 Å². The summed E-state index contributed by atoms with van der Waals surface area (Å²) in [6.45, 7) is 1.74. The lowest BCUT2D eigenvalue weighted by molar-refractivity contribution is 0.102. The van der Waals surface area contributed by atoms with Gasteiger partial charge in [0, 0.05) is 0 Å². The van der Waals surface area contributed by atoms with Crippen LogP contribution in [0, 0.1) is 6.92 Å². The molecule has 2 aromatic rings. The molecule has 6 heteroatoms. The first-order valence-corrected chi connectivity index (χ1v) is 4.59. The van der Waals surface area contributed by atoms with E-state index in [1.807, 2.05) is 0 Å². The van der Waals surface area contributed by atoms with Crippen LogP contribution in [0.1, 0.15) is 16.1 Å². The van der Waals surface area contributed by atoms with Crippen LogP contribution in [0.3, 0.4) is 0 Å². The lowest BCUT2D eigenvalue weighted by Crippen LogP contribution is -2.14. The Bertz CT molecular complexity index is 508. The number of anilines is 2. The Kier molecular flexibility index (Phi) is 2.55. The van der Waals surface area contributed by atoms with Crippen LogP contribution in [-0.2, 0) is 0 Å². The number of rotatable bonds is 2. The molecule has 2 rings (SSSR count). The highest BCUT2D eigenvalue weighted by atomic mass is 16.5. The molecule has 0 aromatic carbocycles. The monoisotopic (exact) mass is 218 g/mol. The van der Waals surface area contributed by atoms with Gasteiger partial charge in [-0.1, -0.05) is 5.16 Å². The van der Waals surface area contributed by atoms with Crippen LogP contribution in [0.15, 0.2) is 29.2 Å². The van der Waals surface area contributed by atoms with Crippen molar-refractivity contribution >= 4 is 17.3 Å². The first-order valence-electron chi connectivity index (χ1n) is 4.59. The molecule has 1 amide bonds. The second kappa shape index (κ2) is 4.01. The number of nitrogens with one attached hydrogen (secondary N) is 1. The average Bonchev–Trinajstić information content (AvgIpc) is 2.74. The summed E-state index contributed by atoms with van der Waals surface area (Å²) in [6.07, 6.45) is 4.26. The minimum absolute atomic E-state index is 0.291. The second-order valence-electron chi connectivity index (χ2n) is 3.27. The quantitative estimate of drug-likeness (QED) is 0.790. The third-order valence-corrected chi connectivity index (χ3v) is 2.04. The van der Waals surface area contributed by atoms with E-state index in [1.165, 1.54) is 18.7 Å². The number of nitrogens with zero attached hydrogens (tertiary/aromatic N) is 2. The number of nitrogen functional groups attached to an aromatic ring is 1. The molecule has 0 radical (unpaired) electrons. The number of amides is 1. The second-order valence-corrected chi connectivity index (χ2v) is 3.27. The summed E-state index contributed by atoms with van der Waals surface area (Å²) in [7, 11) is 0. The maximum atomic E-state index is 11.8. The molecule has 6 nitrogen and oxygen atoms in total. The fourth-order valence-corrected chi connectivity index (χ4v) is 1.24. The van der Waals surface area contributed by atoms with Crippen LogP contribution >= 0.6 is 0 Å². The van der Waals surface area contributed by atoms with Gasteiger partial charge in [-0.2, -0.15) is 0 Å². The number of hydrogen-bond donors (Lipinski definition) is 2. The number of hydrogen-bond acceptors (Lipinski definition) is 5. The van der Waals surface area contributed by atoms with E-state index < -0.39 is 0 Å². The molecule has 2 aromatic heterocycles. The SMILES string of the molecule is Cc1ncc(N)cc1C(=O)Nc1cnoc1. The van der Waals surface area contributed by atoms with Crippen molar-refractivity contribution in [2.75, 3.05) is 11.1 Å². The summed E-state index contributed by atoms with van der Waals surface area (Å²) in [5.41, 5.74) is 7.55. The summed E-state index contributed by atoms with van der Waals surface area (Å²) < 4.78 is 4.60. The standard InChI is InChI=1S/C10H10N4O2/c1-6-9(2-7(11)3-12-6)10(15)14-8-4-13-16-5-8/h2-5H,11H2,1H3,(H,14,15). The van der Waals surface area contributed by atoms with E-state index in [-0.39, 0.29) is 5.91 Å². The molecule has 0 aliphatic rings. The number of nitrogens with two attached hydrogens (primary N) is 1. The fourth-order valence-electron chi connectivity index (χ4n) is 1.24. The van der Waals surface area contributed by atoms with Gasteiger partial charge in [0.25, 0.3) is 5.91 Å². The van der Waals surface area contributed by atoms with Crippen LogP contribution in [0.5, 0.6) is 0 Å². The number of carbonyl (C=O) groups excluding carboxylic acids is 1. The molecular weight excluding hydrogens is 208 g/mol. The van der Waals surface area contributed by atoms with E-state index in [2.05, 4.69) is 20.0 Å². The Balaban J connectivity index is 2.24. The first kappa shape index (κ1) is 10.2. The topological polar surface area (TPSA) is 94.0 Å². The minimum atomic E-state index is -0.291. The fraction of sp³-hybridized carbons (Fsp3) is 0.100. The molecule has 0 atom stereocenters. The summed E-state index contributed by atoms with van der Waals surface area (Å²) in [6, 6.07) is 1.57. The van der Waals surface area contributed by atoms with Crippen LogP contribution in [0.25, 0.3) is 0 Å². The van der Waals surface area contributed by atoms with E-state index in [1.54, 1.807) is 13.0 Å². The zero-order valence-corrected chi connectivity index (χ0v) is 8.60. The Morgan fingerprint density at radius 1 is 1.50 bits per heavy atom. The number of pyridine rings is 1. The van der Waals surface area contributed by atoms with E-state index in [4.69, 9.17) is 5.73 Å². The molecule has 3 N–H and O–H groups in total. The summed E-state index contributed by atoms with van der Waals surface area (Å²) >= 11 is 0. The molecule has 16 heavy (non-hydrogen) atoms. The molecule has 0 aliphatic carbocycles. The summed E-state index contributed by atoms with van der Waals surface area (Å²) in [4.78, 5) is 15.8. The van der Waals surface area contributed by atoms with E-state index in [9.17, 15) is 4.79 Å². The molecule has 0 saturated heterocycles. The molecule has 0 spiro atoms. The molecule has 0 saturated carbocycles. The zero-order valence-electron chi connectivity index (χ0n) is 8.60. The average molecular weight is 218 g/mol. The predicted octanol–water partition coefficient (Wildman–Crippen LogP) is 1.21. The number of aromatic nitrogens is 2. The van der Waals surface area contributed by atoms with Crippen LogP contribution < -0.4 is 11.1 Å². The van der Waals surface area contributed by atoms with Gasteiger partial charge in [-0.25, -0.2) is 0 Å². The molecule has 2 heterocycles. The Morgan fingerprint density at radius 3 is 3.00 bits per heavy atom. The van der Waals surface area contributed by atoms with E-state index in [0.717, 1.165) is 0 Å². The maximum Gasteiger partial charge on any atom is 0.257 e. The lowest BCUT2D eigenvalue weighted by Gasteiger charge is -2.05. The lowest BCUT2D eigenvalue weighted by atomic mass is 10.2. The van der Waals surface area contributed by atoms with Gasteiger partial charge in [0.15, 0.2) is 0 Å². The van der Waals surface area contributed by atoms with Crippen LogP contribution in [0.4, 0.5) is 11.4 Å². The van der Waals surface area contributed by atoms with Crippen molar-refractivity contribution in [1.82, 2.24) is 10.1 Å². The normalized spacial score (nSPS) is 10.1. The summed E-state index contributed by atoms with van der Waals surface area (Å²) in [5.74, 6) is -0.291. The molecule has 0 unspecified atom stereocenters. The highest BCUT2D eigenvalue weighted by Gasteiger charge is 2.11. The van der Waals surface area contributed by atoms with Gasteiger partial charge in [0.1, 0.15) is 12.0 Å². The summed E-state index contributed by atoms with van der Waals surface area (Å²) in [5, 5.41) is 6.09. The number of aryl methyl sites for hydroxylation is 1. The third kappa shape index (κ3) is 2.00. The molecule has 0 bridgehead atoms. The van der Waals surface area contributed by atoms with Crippen molar-refractivity contribution in [1.29, 1.82) is 0 Å². The molecule has 82 valence electrons. The largest absolute Gasteiger partial charge is 0.397 e. The number of carbonyl (C=O) groups is 1. The van der Waals surface area contributed by atoms with Gasteiger partial charge in [0.2, 0.25) is 0 Å². The highest BCUT2D eigenvalue weighted by molar-refractivity contribution is 6.05. The Hall–Kier alpha value is -2.37. The van der Waals surface area contributed by atoms with Gasteiger partial charge in [-0.05, 0) is 13.0 Å². The molecule has 0 aliphatic heterocycles. The van der Waals surface area contributed by atoms with Gasteiger partial charge >= 0.3 is 0 Å². The van der Waals surface area contributed by atoms with Gasteiger partial charge in [-0.3, -0.25) is 9.78 Å². The van der Waals surface area contributed by atoms with Crippen molar-refractivity contribution < 1.29 is 9.32 Å². The van der Waals surface area contributed by atoms with Gasteiger partial charge in [0.05, 0.1) is 29.3 Å². The van der Waals surface area contributed by atoms with Crippen LogP contribution in [-0.4, -0.2) is 16.0 Å². The molecule has 0 fully saturated rings. The van der Waals surface area contributed by atoms with Crippen molar-refractivity contribution in [3.63, 3.8) is 0 Å². The Labute approximate surface area is 91.5 Å². The highest BCUT2D eigenvalue weighted by Crippen LogP contribution is 2.12. The third-order valence-electron chi connectivity index (χ3n) is 2.04. The van der Waals surface area contributed by atoms with Crippen molar-refractivity contribution in [2.45, 2.75) is 6.92 Å². The van der Waals surface area contributed by atoms with E-state index >= 15 is 0 Å². The van der Waals surface area contributed by atoms with E-state index in [0.29, 0.717) is 22.6 Å². The van der Waals surface area contributed by atoms with Crippen molar-refractivity contribution in [2.24, 2.45) is 0 Å². The molecular formula is C10H10N4O2. The maximum absolute atomic E-state index is 11.8. The minimum Gasteiger partial charge on any atom is -0.397 e. The smallest absolute Gasteiger partial charge is 0.257 e. The van der Waals surface area contributed by atoms with Gasteiger partial charge in [-0.15, -0.1) is 0 Å². The Morgan fingerprint density at radius 2 is 2.31 bits per heavy atom. The first-order chi connectivity index (χ1) is 7.66. The van der Waals surface area contributed by atoms with Gasteiger partial charge < -0.3 is 15.6 Å². The van der Waals surface area contributed by atoms with Crippen molar-refractivity contribution in [3.8, 4) is 0 Å².